The Morgan fingerprint density at radius 1 is 1.53 bits per heavy atom. The van der Waals surface area contributed by atoms with E-state index in [9.17, 15) is 4.79 Å². The Bertz CT molecular complexity index is 431. The quantitative estimate of drug-likeness (QED) is 0.750. The minimum atomic E-state index is -0.0634. The van der Waals surface area contributed by atoms with Crippen molar-refractivity contribution in [2.45, 2.75) is 19.4 Å². The van der Waals surface area contributed by atoms with Gasteiger partial charge in [-0.1, -0.05) is 12.1 Å². The van der Waals surface area contributed by atoms with Crippen molar-refractivity contribution in [1.82, 2.24) is 10.2 Å². The number of aryl methyl sites for hydroxylation is 1. The van der Waals surface area contributed by atoms with Crippen molar-refractivity contribution < 1.29 is 4.79 Å². The summed E-state index contributed by atoms with van der Waals surface area (Å²) in [4.78, 5) is 14.3. The zero-order chi connectivity index (χ0) is 12.4. The highest BCUT2D eigenvalue weighted by molar-refractivity contribution is 5.99. The number of nitrogens with zero attached hydrogens (tertiary/aromatic N) is 1. The van der Waals surface area contributed by atoms with Gasteiger partial charge in [0.1, 0.15) is 0 Å². The summed E-state index contributed by atoms with van der Waals surface area (Å²) in [6.07, 6.45) is 1.01. The number of rotatable bonds is 2. The van der Waals surface area contributed by atoms with Crippen LogP contribution in [0.25, 0.3) is 0 Å². The second-order valence-corrected chi connectivity index (χ2v) is 4.76. The standard InChI is InChI=1S/C13H19N3O/c1-9-4-3-5-11(12(9)14)13(17)15-10-6-7-16(2)8-10/h3-5,10H,6-8,14H2,1-2H3,(H,15,17). The molecule has 1 saturated heterocycles. The molecule has 4 heteroatoms. The number of amides is 1. The van der Waals surface area contributed by atoms with Crippen molar-refractivity contribution in [2.24, 2.45) is 0 Å². The molecule has 1 aromatic carbocycles. The third-order valence-corrected chi connectivity index (χ3v) is 3.30. The summed E-state index contributed by atoms with van der Waals surface area (Å²) in [7, 11) is 2.06. The number of carbonyl (C=O) groups excluding carboxylic acids is 1. The van der Waals surface area contributed by atoms with Crippen molar-refractivity contribution >= 4 is 11.6 Å². The van der Waals surface area contributed by atoms with E-state index in [0.717, 1.165) is 25.1 Å². The van der Waals surface area contributed by atoms with E-state index in [2.05, 4.69) is 17.3 Å². The molecular weight excluding hydrogens is 214 g/mol. The van der Waals surface area contributed by atoms with Gasteiger partial charge in [0.05, 0.1) is 5.56 Å². The molecule has 0 radical (unpaired) electrons. The van der Waals surface area contributed by atoms with Crippen LogP contribution in [0, 0.1) is 6.92 Å². The summed E-state index contributed by atoms with van der Waals surface area (Å²) in [5, 5.41) is 3.03. The first kappa shape index (κ1) is 11.9. The predicted molar refractivity (Wildman–Crippen MR) is 69.0 cm³/mol. The number of carbonyl (C=O) groups is 1. The summed E-state index contributed by atoms with van der Waals surface area (Å²) in [5.41, 5.74) is 8.02. The van der Waals surface area contributed by atoms with Gasteiger partial charge in [0, 0.05) is 18.3 Å². The predicted octanol–water partition coefficient (Wildman–Crippen LogP) is 1.01. The zero-order valence-electron chi connectivity index (χ0n) is 10.4. The van der Waals surface area contributed by atoms with E-state index >= 15 is 0 Å². The summed E-state index contributed by atoms with van der Waals surface area (Å²) >= 11 is 0. The lowest BCUT2D eigenvalue weighted by molar-refractivity contribution is 0.0939. The molecule has 0 aliphatic carbocycles. The van der Waals surface area contributed by atoms with Crippen molar-refractivity contribution in [3.63, 3.8) is 0 Å². The van der Waals surface area contributed by atoms with Crippen LogP contribution in [0.4, 0.5) is 5.69 Å². The Balaban J connectivity index is 2.07. The lowest BCUT2D eigenvalue weighted by atomic mass is 10.1. The molecule has 0 bridgehead atoms. The fourth-order valence-electron chi connectivity index (χ4n) is 2.19. The van der Waals surface area contributed by atoms with Crippen LogP contribution in [0.1, 0.15) is 22.3 Å². The first-order valence-electron chi connectivity index (χ1n) is 5.92. The van der Waals surface area contributed by atoms with Gasteiger partial charge in [-0.05, 0) is 38.6 Å². The molecular formula is C13H19N3O. The largest absolute Gasteiger partial charge is 0.398 e. The summed E-state index contributed by atoms with van der Waals surface area (Å²) in [6, 6.07) is 5.79. The van der Waals surface area contributed by atoms with Gasteiger partial charge in [0.25, 0.3) is 5.91 Å². The SMILES string of the molecule is Cc1cccc(C(=O)NC2CCN(C)C2)c1N. The van der Waals surface area contributed by atoms with Gasteiger partial charge in [-0.3, -0.25) is 4.79 Å². The van der Waals surface area contributed by atoms with E-state index in [1.54, 1.807) is 6.07 Å². The molecule has 1 aliphatic rings. The van der Waals surface area contributed by atoms with E-state index < -0.39 is 0 Å². The Hall–Kier alpha value is -1.55. The van der Waals surface area contributed by atoms with E-state index in [1.165, 1.54) is 0 Å². The van der Waals surface area contributed by atoms with Crippen LogP contribution in [0.5, 0.6) is 0 Å². The minimum Gasteiger partial charge on any atom is -0.398 e. The highest BCUT2D eigenvalue weighted by atomic mass is 16.1. The Labute approximate surface area is 102 Å². The van der Waals surface area contributed by atoms with Crippen LogP contribution >= 0.6 is 0 Å². The van der Waals surface area contributed by atoms with Crippen molar-refractivity contribution in [3.8, 4) is 0 Å². The van der Waals surface area contributed by atoms with Crippen LogP contribution in [0.15, 0.2) is 18.2 Å². The fourth-order valence-corrected chi connectivity index (χ4v) is 2.19. The Morgan fingerprint density at radius 3 is 2.94 bits per heavy atom. The highest BCUT2D eigenvalue weighted by Gasteiger charge is 2.22. The highest BCUT2D eigenvalue weighted by Crippen LogP contribution is 2.17. The van der Waals surface area contributed by atoms with Crippen molar-refractivity contribution in [1.29, 1.82) is 0 Å². The van der Waals surface area contributed by atoms with Crippen LogP contribution in [-0.4, -0.2) is 37.0 Å². The normalized spacial score (nSPS) is 20.5. The number of anilines is 1. The van der Waals surface area contributed by atoms with Gasteiger partial charge in [0.2, 0.25) is 0 Å². The van der Waals surface area contributed by atoms with Gasteiger partial charge < -0.3 is 16.0 Å². The summed E-state index contributed by atoms with van der Waals surface area (Å²) < 4.78 is 0. The minimum absolute atomic E-state index is 0.0634. The molecule has 0 aromatic heterocycles. The maximum absolute atomic E-state index is 12.1. The molecule has 0 spiro atoms. The molecule has 2 rings (SSSR count). The smallest absolute Gasteiger partial charge is 0.253 e. The molecule has 3 N–H and O–H groups in total. The molecule has 1 atom stereocenters. The Morgan fingerprint density at radius 2 is 2.29 bits per heavy atom. The zero-order valence-corrected chi connectivity index (χ0v) is 10.4. The molecule has 1 fully saturated rings. The number of hydrogen-bond donors (Lipinski definition) is 2. The van der Waals surface area contributed by atoms with E-state index in [0.29, 0.717) is 11.3 Å². The second-order valence-electron chi connectivity index (χ2n) is 4.76. The van der Waals surface area contributed by atoms with Crippen molar-refractivity contribution in [3.05, 3.63) is 29.3 Å². The van der Waals surface area contributed by atoms with Gasteiger partial charge in [-0.2, -0.15) is 0 Å². The van der Waals surface area contributed by atoms with Crippen LogP contribution in [0.3, 0.4) is 0 Å². The molecule has 1 unspecified atom stereocenters. The van der Waals surface area contributed by atoms with Gasteiger partial charge >= 0.3 is 0 Å². The maximum Gasteiger partial charge on any atom is 0.253 e. The average molecular weight is 233 g/mol. The third kappa shape index (κ3) is 2.58. The number of nitrogen functional groups attached to an aromatic ring is 1. The number of hydrogen-bond acceptors (Lipinski definition) is 3. The molecule has 0 saturated carbocycles. The van der Waals surface area contributed by atoms with Crippen LogP contribution in [0.2, 0.25) is 0 Å². The van der Waals surface area contributed by atoms with Gasteiger partial charge in [-0.25, -0.2) is 0 Å². The first-order chi connectivity index (χ1) is 8.08. The second kappa shape index (κ2) is 4.75. The summed E-state index contributed by atoms with van der Waals surface area (Å²) in [6.45, 7) is 3.86. The molecule has 1 heterocycles. The Kier molecular flexibility index (Phi) is 3.33. The topological polar surface area (TPSA) is 58.4 Å². The van der Waals surface area contributed by atoms with Crippen LogP contribution < -0.4 is 11.1 Å². The van der Waals surface area contributed by atoms with E-state index in [4.69, 9.17) is 5.73 Å². The maximum atomic E-state index is 12.1. The lowest BCUT2D eigenvalue weighted by Crippen LogP contribution is -2.36. The third-order valence-electron chi connectivity index (χ3n) is 3.30. The van der Waals surface area contributed by atoms with E-state index in [-0.39, 0.29) is 11.9 Å². The van der Waals surface area contributed by atoms with Gasteiger partial charge in [-0.15, -0.1) is 0 Å². The molecule has 1 amide bonds. The average Bonchev–Trinajstić information content (AvgIpc) is 2.68. The molecule has 4 nitrogen and oxygen atoms in total. The number of benzene rings is 1. The summed E-state index contributed by atoms with van der Waals surface area (Å²) in [5.74, 6) is -0.0634. The molecule has 17 heavy (non-hydrogen) atoms. The number of para-hydroxylation sites is 1. The van der Waals surface area contributed by atoms with Gasteiger partial charge in [0.15, 0.2) is 0 Å². The molecule has 1 aromatic rings. The first-order valence-corrected chi connectivity index (χ1v) is 5.92. The van der Waals surface area contributed by atoms with E-state index in [1.807, 2.05) is 19.1 Å². The number of likely N-dealkylation sites (N-methyl/N-ethyl adjacent to an activating group) is 1. The van der Waals surface area contributed by atoms with Crippen molar-refractivity contribution in [2.75, 3.05) is 25.9 Å². The number of nitrogens with one attached hydrogen (secondary N) is 1. The van der Waals surface area contributed by atoms with Crippen LogP contribution in [-0.2, 0) is 0 Å². The molecule has 92 valence electrons. The fraction of sp³-hybridized carbons (Fsp3) is 0.462. The number of nitrogens with two attached hydrogens (primary N) is 1. The monoisotopic (exact) mass is 233 g/mol. The number of likely N-dealkylation sites (tertiary alicyclic amines) is 1. The lowest BCUT2D eigenvalue weighted by Gasteiger charge is -2.14. The molecule has 1 aliphatic heterocycles.